The lowest BCUT2D eigenvalue weighted by molar-refractivity contribution is 0.290. The molecule has 0 aliphatic rings. The molecule has 1 heterocycles. The lowest BCUT2D eigenvalue weighted by Crippen LogP contribution is -2.04. The average molecular weight is 364 g/mol. The number of rotatable bonds is 6. The second kappa shape index (κ2) is 7.68. The van der Waals surface area contributed by atoms with E-state index >= 15 is 0 Å². The van der Waals surface area contributed by atoms with Gasteiger partial charge in [0.1, 0.15) is 18.2 Å². The zero-order chi connectivity index (χ0) is 16.9. The van der Waals surface area contributed by atoms with Gasteiger partial charge in [-0.15, -0.1) is 10.2 Å². The third-order valence-electron chi connectivity index (χ3n) is 3.39. The Morgan fingerprint density at radius 1 is 1.08 bits per heavy atom. The fraction of sp³-hybridized carbons (Fsp3) is 0.176. The first-order valence-corrected chi connectivity index (χ1v) is 8.62. The van der Waals surface area contributed by atoms with Gasteiger partial charge in [-0.1, -0.05) is 35.5 Å². The third kappa shape index (κ3) is 4.27. The van der Waals surface area contributed by atoms with Gasteiger partial charge in [-0.05, 0) is 42.0 Å². The van der Waals surface area contributed by atoms with Crippen molar-refractivity contribution in [2.75, 3.05) is 0 Å². The number of aromatic nitrogens is 3. The molecule has 0 unspecified atom stereocenters. The highest BCUT2D eigenvalue weighted by Crippen LogP contribution is 2.22. The van der Waals surface area contributed by atoms with E-state index in [9.17, 15) is 4.39 Å². The Balaban J connectivity index is 1.58. The highest BCUT2D eigenvalue weighted by molar-refractivity contribution is 7.98. The number of thioether (sulfide) groups is 1. The molecule has 0 radical (unpaired) electrons. The monoisotopic (exact) mass is 363 g/mol. The summed E-state index contributed by atoms with van der Waals surface area (Å²) in [5.41, 5.74) is 1.03. The Hall–Kier alpha value is -2.05. The van der Waals surface area contributed by atoms with Crippen LogP contribution >= 0.6 is 23.4 Å². The zero-order valence-electron chi connectivity index (χ0n) is 12.9. The van der Waals surface area contributed by atoms with Crippen LogP contribution in [0.25, 0.3) is 0 Å². The van der Waals surface area contributed by atoms with Crippen molar-refractivity contribution in [2.24, 2.45) is 7.05 Å². The van der Waals surface area contributed by atoms with Crippen LogP contribution in [-0.4, -0.2) is 14.8 Å². The van der Waals surface area contributed by atoms with Crippen LogP contribution in [0, 0.1) is 5.82 Å². The Bertz CT molecular complexity index is 739. The van der Waals surface area contributed by atoms with Crippen molar-refractivity contribution in [3.63, 3.8) is 0 Å². The number of halogens is 2. The maximum atomic E-state index is 12.9. The zero-order valence-corrected chi connectivity index (χ0v) is 14.5. The standard InChI is InChI=1S/C17H15ClFN3OS/c1-22-16(10-23-15-8-4-13(18)5-9-15)20-21-17(22)24-11-12-2-6-14(19)7-3-12/h2-9H,10-11H2,1H3. The number of hydrogen-bond donors (Lipinski definition) is 0. The van der Waals surface area contributed by atoms with Crippen LogP contribution in [0.2, 0.25) is 5.02 Å². The molecule has 0 aliphatic heterocycles. The van der Waals surface area contributed by atoms with E-state index in [4.69, 9.17) is 16.3 Å². The summed E-state index contributed by atoms with van der Waals surface area (Å²) in [5, 5.41) is 9.78. The molecule has 0 saturated carbocycles. The molecule has 1 aromatic heterocycles. The molecule has 0 saturated heterocycles. The van der Waals surface area contributed by atoms with Gasteiger partial charge in [-0.2, -0.15) is 0 Å². The van der Waals surface area contributed by atoms with Crippen LogP contribution in [0.4, 0.5) is 4.39 Å². The molecule has 3 rings (SSSR count). The van der Waals surface area contributed by atoms with Gasteiger partial charge >= 0.3 is 0 Å². The van der Waals surface area contributed by atoms with Gasteiger partial charge in [0, 0.05) is 17.8 Å². The summed E-state index contributed by atoms with van der Waals surface area (Å²) in [6.07, 6.45) is 0. The summed E-state index contributed by atoms with van der Waals surface area (Å²) in [6, 6.07) is 13.6. The van der Waals surface area contributed by atoms with Crippen LogP contribution in [0.5, 0.6) is 5.75 Å². The molecule has 7 heteroatoms. The molecule has 0 bridgehead atoms. The first kappa shape index (κ1) is 16.8. The molecule has 0 atom stereocenters. The SMILES string of the molecule is Cn1c(COc2ccc(Cl)cc2)nnc1SCc1ccc(F)cc1. The molecule has 2 aromatic carbocycles. The van der Waals surface area contributed by atoms with Crippen molar-refractivity contribution in [2.45, 2.75) is 17.5 Å². The topological polar surface area (TPSA) is 39.9 Å². The van der Waals surface area contributed by atoms with E-state index in [-0.39, 0.29) is 5.82 Å². The highest BCUT2D eigenvalue weighted by atomic mass is 35.5. The third-order valence-corrected chi connectivity index (χ3v) is 4.73. The summed E-state index contributed by atoms with van der Waals surface area (Å²) in [6.45, 7) is 0.322. The molecule has 0 fully saturated rings. The molecular weight excluding hydrogens is 349 g/mol. The number of hydrogen-bond acceptors (Lipinski definition) is 4. The van der Waals surface area contributed by atoms with Crippen molar-refractivity contribution >= 4 is 23.4 Å². The van der Waals surface area contributed by atoms with Gasteiger partial charge in [-0.3, -0.25) is 0 Å². The fourth-order valence-corrected chi connectivity index (χ4v) is 3.02. The minimum atomic E-state index is -0.232. The lowest BCUT2D eigenvalue weighted by atomic mass is 10.2. The summed E-state index contributed by atoms with van der Waals surface area (Å²) in [4.78, 5) is 0. The van der Waals surface area contributed by atoms with Crippen LogP contribution in [-0.2, 0) is 19.4 Å². The molecule has 124 valence electrons. The summed E-state index contributed by atoms with van der Waals surface area (Å²) in [5.74, 6) is 1.92. The lowest BCUT2D eigenvalue weighted by Gasteiger charge is -2.06. The fourth-order valence-electron chi connectivity index (χ4n) is 2.00. The summed E-state index contributed by atoms with van der Waals surface area (Å²) >= 11 is 7.39. The van der Waals surface area contributed by atoms with E-state index < -0.39 is 0 Å². The molecule has 0 amide bonds. The number of ether oxygens (including phenoxy) is 1. The van der Waals surface area contributed by atoms with Gasteiger partial charge < -0.3 is 9.30 Å². The Morgan fingerprint density at radius 3 is 2.50 bits per heavy atom. The molecular formula is C17H15ClFN3OS. The largest absolute Gasteiger partial charge is 0.486 e. The minimum absolute atomic E-state index is 0.232. The van der Waals surface area contributed by atoms with E-state index in [1.807, 2.05) is 23.7 Å². The quantitative estimate of drug-likeness (QED) is 0.605. The summed E-state index contributed by atoms with van der Waals surface area (Å²) < 4.78 is 20.5. The average Bonchev–Trinajstić information content (AvgIpc) is 2.94. The molecule has 4 nitrogen and oxygen atoms in total. The minimum Gasteiger partial charge on any atom is -0.486 e. The number of benzene rings is 2. The second-order valence-corrected chi connectivity index (χ2v) is 6.49. The van der Waals surface area contributed by atoms with Crippen LogP contribution in [0.3, 0.4) is 0 Å². The first-order valence-electron chi connectivity index (χ1n) is 7.26. The van der Waals surface area contributed by atoms with E-state index in [1.54, 1.807) is 36.0 Å². The van der Waals surface area contributed by atoms with Crippen molar-refractivity contribution in [3.8, 4) is 5.75 Å². The van der Waals surface area contributed by atoms with Gasteiger partial charge in [0.05, 0.1) is 0 Å². The van der Waals surface area contributed by atoms with E-state index in [0.717, 1.165) is 22.3 Å². The smallest absolute Gasteiger partial charge is 0.191 e. The van der Waals surface area contributed by atoms with Crippen molar-refractivity contribution in [3.05, 3.63) is 70.8 Å². The molecule has 3 aromatic rings. The molecule has 0 spiro atoms. The molecule has 24 heavy (non-hydrogen) atoms. The van der Waals surface area contributed by atoms with E-state index in [0.29, 0.717) is 17.4 Å². The Kier molecular flexibility index (Phi) is 5.37. The van der Waals surface area contributed by atoms with Crippen LogP contribution < -0.4 is 4.74 Å². The van der Waals surface area contributed by atoms with Gasteiger partial charge in [-0.25, -0.2) is 4.39 Å². The summed E-state index contributed by atoms with van der Waals surface area (Å²) in [7, 11) is 1.90. The van der Waals surface area contributed by atoms with Crippen molar-refractivity contribution < 1.29 is 9.13 Å². The Morgan fingerprint density at radius 2 is 1.79 bits per heavy atom. The predicted molar refractivity (Wildman–Crippen MR) is 92.7 cm³/mol. The highest BCUT2D eigenvalue weighted by Gasteiger charge is 2.10. The normalized spacial score (nSPS) is 10.8. The Labute approximate surface area is 148 Å². The van der Waals surface area contributed by atoms with E-state index in [1.165, 1.54) is 12.1 Å². The van der Waals surface area contributed by atoms with Crippen molar-refractivity contribution in [1.29, 1.82) is 0 Å². The first-order chi connectivity index (χ1) is 11.6. The predicted octanol–water partition coefficient (Wildman–Crippen LogP) is 4.48. The molecule has 0 aliphatic carbocycles. The van der Waals surface area contributed by atoms with Crippen LogP contribution in [0.1, 0.15) is 11.4 Å². The van der Waals surface area contributed by atoms with Crippen LogP contribution in [0.15, 0.2) is 53.7 Å². The van der Waals surface area contributed by atoms with Gasteiger partial charge in [0.25, 0.3) is 0 Å². The second-order valence-electron chi connectivity index (χ2n) is 5.12. The van der Waals surface area contributed by atoms with Crippen molar-refractivity contribution in [1.82, 2.24) is 14.8 Å². The van der Waals surface area contributed by atoms with Gasteiger partial charge in [0.15, 0.2) is 11.0 Å². The number of nitrogens with zero attached hydrogens (tertiary/aromatic N) is 3. The van der Waals surface area contributed by atoms with E-state index in [2.05, 4.69) is 10.2 Å². The maximum absolute atomic E-state index is 12.9. The molecule has 0 N–H and O–H groups in total. The van der Waals surface area contributed by atoms with Gasteiger partial charge in [0.2, 0.25) is 0 Å². The maximum Gasteiger partial charge on any atom is 0.191 e.